The van der Waals surface area contributed by atoms with Gasteiger partial charge in [0.15, 0.2) is 11.6 Å². The summed E-state index contributed by atoms with van der Waals surface area (Å²) in [4.78, 5) is 37.9. The van der Waals surface area contributed by atoms with Gasteiger partial charge in [0.2, 0.25) is 17.7 Å². The Labute approximate surface area is 160 Å². The number of carbonyl (C=O) groups excluding carboxylic acids is 3. The third-order valence-electron chi connectivity index (χ3n) is 4.47. The Kier molecular flexibility index (Phi) is 5.67. The highest BCUT2D eigenvalue weighted by Gasteiger charge is 2.35. The Morgan fingerprint density at radius 1 is 1.11 bits per heavy atom. The molecule has 1 aliphatic heterocycles. The first kappa shape index (κ1) is 19.5. The van der Waals surface area contributed by atoms with Crippen LogP contribution < -0.4 is 15.5 Å². The molecule has 1 heterocycles. The number of carbonyl (C=O) groups is 3. The van der Waals surface area contributed by atoms with Crippen LogP contribution >= 0.6 is 0 Å². The molecule has 6 nitrogen and oxygen atoms in total. The topological polar surface area (TPSA) is 78.5 Å². The molecule has 1 saturated heterocycles. The first-order valence-electron chi connectivity index (χ1n) is 8.73. The van der Waals surface area contributed by atoms with E-state index in [1.54, 1.807) is 4.90 Å². The second-order valence-electron chi connectivity index (χ2n) is 6.64. The van der Waals surface area contributed by atoms with Crippen molar-refractivity contribution >= 4 is 29.1 Å². The van der Waals surface area contributed by atoms with Crippen LogP contribution in [0.1, 0.15) is 12.0 Å². The van der Waals surface area contributed by atoms with Crippen LogP contribution in [-0.4, -0.2) is 30.8 Å². The number of amides is 3. The zero-order chi connectivity index (χ0) is 20.3. The molecule has 0 aromatic heterocycles. The van der Waals surface area contributed by atoms with Crippen LogP contribution in [0.25, 0.3) is 0 Å². The van der Waals surface area contributed by atoms with E-state index in [-0.39, 0.29) is 31.1 Å². The summed E-state index contributed by atoms with van der Waals surface area (Å²) in [6.07, 6.45) is 0.0600. The van der Waals surface area contributed by atoms with Gasteiger partial charge in [0.1, 0.15) is 0 Å². The van der Waals surface area contributed by atoms with E-state index < -0.39 is 29.4 Å². The highest BCUT2D eigenvalue weighted by Crippen LogP contribution is 2.25. The molecule has 2 aromatic rings. The Bertz CT molecular complexity index is 915. The zero-order valence-electron chi connectivity index (χ0n) is 15.2. The highest BCUT2D eigenvalue weighted by molar-refractivity contribution is 6.01. The van der Waals surface area contributed by atoms with Crippen molar-refractivity contribution in [2.24, 2.45) is 5.92 Å². The quantitative estimate of drug-likeness (QED) is 0.827. The van der Waals surface area contributed by atoms with Crippen molar-refractivity contribution in [2.45, 2.75) is 13.3 Å². The summed E-state index contributed by atoms with van der Waals surface area (Å²) in [5.74, 6) is -3.82. The fourth-order valence-electron chi connectivity index (χ4n) is 2.95. The maximum atomic E-state index is 13.2. The fourth-order valence-corrected chi connectivity index (χ4v) is 2.95. The lowest BCUT2D eigenvalue weighted by Gasteiger charge is -2.17. The second kappa shape index (κ2) is 8.16. The molecule has 3 amide bonds. The van der Waals surface area contributed by atoms with Crippen LogP contribution in [0.4, 0.5) is 20.2 Å². The predicted molar refractivity (Wildman–Crippen MR) is 99.6 cm³/mol. The Hall–Kier alpha value is -3.29. The number of halogens is 2. The Balaban J connectivity index is 1.52. The Morgan fingerprint density at radius 2 is 1.82 bits per heavy atom. The zero-order valence-corrected chi connectivity index (χ0v) is 15.2. The number of nitrogens with one attached hydrogen (secondary N) is 2. The molecule has 0 bridgehead atoms. The first-order valence-corrected chi connectivity index (χ1v) is 8.73. The van der Waals surface area contributed by atoms with Crippen LogP contribution in [0, 0.1) is 24.5 Å². The van der Waals surface area contributed by atoms with Crippen LogP contribution in [0.5, 0.6) is 0 Å². The second-order valence-corrected chi connectivity index (χ2v) is 6.64. The van der Waals surface area contributed by atoms with Gasteiger partial charge in [-0.1, -0.05) is 17.7 Å². The SMILES string of the molecule is Cc1ccc(N2CC(C(=O)NCC(=O)Nc3ccc(F)c(F)c3)CC2=O)cc1. The van der Waals surface area contributed by atoms with E-state index in [1.807, 2.05) is 31.2 Å². The minimum atomic E-state index is -1.08. The third-order valence-corrected chi connectivity index (χ3v) is 4.47. The molecule has 0 spiro atoms. The molecule has 8 heteroatoms. The Morgan fingerprint density at radius 3 is 2.50 bits per heavy atom. The third kappa shape index (κ3) is 4.51. The summed E-state index contributed by atoms with van der Waals surface area (Å²) >= 11 is 0. The van der Waals surface area contributed by atoms with E-state index >= 15 is 0 Å². The number of aryl methyl sites for hydroxylation is 1. The first-order chi connectivity index (χ1) is 13.3. The molecule has 1 aliphatic rings. The molecule has 0 aliphatic carbocycles. The van der Waals surface area contributed by atoms with Crippen LogP contribution in [0.2, 0.25) is 0 Å². The van der Waals surface area contributed by atoms with Crippen molar-refractivity contribution in [3.05, 3.63) is 59.7 Å². The van der Waals surface area contributed by atoms with Crippen LogP contribution in [0.3, 0.4) is 0 Å². The van der Waals surface area contributed by atoms with Crippen LogP contribution in [-0.2, 0) is 14.4 Å². The lowest BCUT2D eigenvalue weighted by molar-refractivity contribution is -0.127. The number of anilines is 2. The lowest BCUT2D eigenvalue weighted by atomic mass is 10.1. The van der Waals surface area contributed by atoms with Crippen molar-refractivity contribution in [2.75, 3.05) is 23.3 Å². The summed E-state index contributed by atoms with van der Waals surface area (Å²) in [7, 11) is 0. The molecule has 2 N–H and O–H groups in total. The van der Waals surface area contributed by atoms with E-state index in [2.05, 4.69) is 10.6 Å². The number of nitrogens with zero attached hydrogens (tertiary/aromatic N) is 1. The largest absolute Gasteiger partial charge is 0.347 e. The molecule has 28 heavy (non-hydrogen) atoms. The average Bonchev–Trinajstić information content (AvgIpc) is 3.05. The van der Waals surface area contributed by atoms with Crippen molar-refractivity contribution in [3.8, 4) is 0 Å². The van der Waals surface area contributed by atoms with Crippen molar-refractivity contribution < 1.29 is 23.2 Å². The van der Waals surface area contributed by atoms with Gasteiger partial charge in [-0.2, -0.15) is 0 Å². The molecule has 3 rings (SSSR count). The van der Waals surface area contributed by atoms with Crippen molar-refractivity contribution in [1.29, 1.82) is 0 Å². The van der Waals surface area contributed by atoms with Gasteiger partial charge in [-0.05, 0) is 31.2 Å². The van der Waals surface area contributed by atoms with E-state index in [4.69, 9.17) is 0 Å². The maximum Gasteiger partial charge on any atom is 0.243 e. The number of hydrogen-bond donors (Lipinski definition) is 2. The van der Waals surface area contributed by atoms with E-state index in [1.165, 1.54) is 6.07 Å². The molecule has 1 fully saturated rings. The van der Waals surface area contributed by atoms with Gasteiger partial charge >= 0.3 is 0 Å². The summed E-state index contributed by atoms with van der Waals surface area (Å²) in [5.41, 5.74) is 1.87. The number of hydrogen-bond acceptors (Lipinski definition) is 3. The minimum Gasteiger partial charge on any atom is -0.347 e. The van der Waals surface area contributed by atoms with Gasteiger partial charge < -0.3 is 15.5 Å². The smallest absolute Gasteiger partial charge is 0.243 e. The molecule has 1 atom stereocenters. The molecule has 146 valence electrons. The van der Waals surface area contributed by atoms with Gasteiger partial charge in [-0.25, -0.2) is 8.78 Å². The summed E-state index contributed by atoms with van der Waals surface area (Å²) in [6.45, 7) is 1.84. The highest BCUT2D eigenvalue weighted by atomic mass is 19.2. The van der Waals surface area contributed by atoms with Gasteiger partial charge in [0, 0.05) is 30.4 Å². The van der Waals surface area contributed by atoms with Gasteiger partial charge in [0.25, 0.3) is 0 Å². The van der Waals surface area contributed by atoms with E-state index in [0.717, 1.165) is 23.4 Å². The minimum absolute atomic E-state index is 0.0600. The molecular weight excluding hydrogens is 368 g/mol. The molecule has 1 unspecified atom stereocenters. The maximum absolute atomic E-state index is 13.2. The number of rotatable bonds is 5. The van der Waals surface area contributed by atoms with Crippen LogP contribution in [0.15, 0.2) is 42.5 Å². The molecule has 0 saturated carbocycles. The van der Waals surface area contributed by atoms with Gasteiger partial charge in [0.05, 0.1) is 12.5 Å². The average molecular weight is 387 g/mol. The monoisotopic (exact) mass is 387 g/mol. The van der Waals surface area contributed by atoms with Crippen molar-refractivity contribution in [3.63, 3.8) is 0 Å². The lowest BCUT2D eigenvalue weighted by Crippen LogP contribution is -2.37. The normalized spacial score (nSPS) is 16.2. The van der Waals surface area contributed by atoms with E-state index in [9.17, 15) is 23.2 Å². The number of benzene rings is 2. The van der Waals surface area contributed by atoms with Gasteiger partial charge in [-0.15, -0.1) is 0 Å². The molecule has 0 radical (unpaired) electrons. The molecular formula is C20H19F2N3O3. The molecule has 2 aromatic carbocycles. The summed E-state index contributed by atoms with van der Waals surface area (Å²) in [5, 5.41) is 4.84. The standard InChI is InChI=1S/C20H19F2N3O3/c1-12-2-5-15(6-3-12)25-11-13(8-19(25)27)20(28)23-10-18(26)24-14-4-7-16(21)17(22)9-14/h2-7,9,13H,8,10-11H2,1H3,(H,23,28)(H,24,26). The van der Waals surface area contributed by atoms with Gasteiger partial charge in [-0.3, -0.25) is 14.4 Å². The fraction of sp³-hybridized carbons (Fsp3) is 0.250. The summed E-state index contributed by atoms with van der Waals surface area (Å²) in [6, 6.07) is 10.4. The van der Waals surface area contributed by atoms with E-state index in [0.29, 0.717) is 0 Å². The summed E-state index contributed by atoms with van der Waals surface area (Å²) < 4.78 is 26.0. The van der Waals surface area contributed by atoms with Crippen molar-refractivity contribution in [1.82, 2.24) is 5.32 Å². The predicted octanol–water partition coefficient (Wildman–Crippen LogP) is 2.38.